The fourth-order valence-electron chi connectivity index (χ4n) is 3.65. The largest absolute Gasteiger partial charge is 0.387 e. The molecular formula is C24H26ClNO6. The summed E-state index contributed by atoms with van der Waals surface area (Å²) in [4.78, 5) is 0. The van der Waals surface area contributed by atoms with E-state index < -0.39 is 23.7 Å². The Morgan fingerprint density at radius 1 is 0.906 bits per heavy atom. The van der Waals surface area contributed by atoms with E-state index in [1.807, 2.05) is 60.7 Å². The Morgan fingerprint density at radius 3 is 2.00 bits per heavy atom. The molecule has 1 aliphatic carbocycles. The number of rotatable bonds is 11. The quantitative estimate of drug-likeness (QED) is 0.393. The van der Waals surface area contributed by atoms with Crippen LogP contribution in [0.15, 0.2) is 71.8 Å². The predicted molar refractivity (Wildman–Crippen MR) is 117 cm³/mol. The summed E-state index contributed by atoms with van der Waals surface area (Å²) in [6.07, 6.45) is -3.83. The van der Waals surface area contributed by atoms with E-state index in [9.17, 15) is 15.5 Å². The van der Waals surface area contributed by atoms with E-state index in [-0.39, 0.29) is 25.8 Å². The molecule has 2 aromatic rings. The number of halogens is 1. The van der Waals surface area contributed by atoms with Gasteiger partial charge in [-0.25, -0.2) is 0 Å². The summed E-state index contributed by atoms with van der Waals surface area (Å²) in [5.41, 5.74) is 1.67. The van der Waals surface area contributed by atoms with Gasteiger partial charge in [0.15, 0.2) is 0 Å². The molecule has 4 atom stereocenters. The summed E-state index contributed by atoms with van der Waals surface area (Å²) < 4.78 is 22.3. The summed E-state index contributed by atoms with van der Waals surface area (Å²) in [5.74, 6) is 0. The first kappa shape index (κ1) is 24.4. The Morgan fingerprint density at radius 2 is 1.47 bits per heavy atom. The minimum atomic E-state index is -1.49. The molecule has 3 rings (SSSR count). The molecule has 8 heteroatoms. The number of benzene rings is 2. The van der Waals surface area contributed by atoms with Gasteiger partial charge in [-0.15, -0.1) is 0 Å². The Labute approximate surface area is 192 Å². The smallest absolute Gasteiger partial charge is 0.147 e. The molecule has 1 fully saturated rings. The van der Waals surface area contributed by atoms with Crippen LogP contribution in [0.3, 0.4) is 0 Å². The molecular weight excluding hydrogens is 434 g/mol. The Kier molecular flexibility index (Phi) is 9.21. The van der Waals surface area contributed by atoms with E-state index in [4.69, 9.17) is 30.5 Å². The van der Waals surface area contributed by atoms with Gasteiger partial charge < -0.3 is 29.2 Å². The van der Waals surface area contributed by atoms with Gasteiger partial charge in [0.05, 0.1) is 25.9 Å². The van der Waals surface area contributed by atoms with Gasteiger partial charge in [0.25, 0.3) is 0 Å². The van der Waals surface area contributed by atoms with Gasteiger partial charge in [-0.05, 0) is 16.7 Å². The predicted octanol–water partition coefficient (Wildman–Crippen LogP) is 3.10. The molecule has 0 saturated heterocycles. The van der Waals surface area contributed by atoms with Gasteiger partial charge in [0, 0.05) is 5.54 Å². The lowest BCUT2D eigenvalue weighted by Gasteiger charge is -2.30. The summed E-state index contributed by atoms with van der Waals surface area (Å²) in [6.45, 7) is 0.184. The summed E-state index contributed by atoms with van der Waals surface area (Å²) in [5, 5.41) is 30.9. The van der Waals surface area contributed by atoms with Crippen molar-refractivity contribution in [2.45, 2.75) is 31.5 Å². The topological polar surface area (TPSA) is 101 Å². The van der Waals surface area contributed by atoms with Gasteiger partial charge in [0.2, 0.25) is 0 Å². The normalized spacial score (nSPS) is 26.3. The lowest BCUT2D eigenvalue weighted by molar-refractivity contribution is -0.162. The van der Waals surface area contributed by atoms with Crippen LogP contribution in [0.25, 0.3) is 0 Å². The third-order valence-corrected chi connectivity index (χ3v) is 5.56. The summed E-state index contributed by atoms with van der Waals surface area (Å²) >= 11 is 5.90. The lowest BCUT2D eigenvalue weighted by atomic mass is 9.83. The maximum atomic E-state index is 10.5. The highest BCUT2D eigenvalue weighted by Gasteiger charge is 2.58. The van der Waals surface area contributed by atoms with E-state index in [2.05, 4.69) is 6.07 Å². The molecule has 1 saturated carbocycles. The lowest BCUT2D eigenvalue weighted by Crippen LogP contribution is -2.42. The van der Waals surface area contributed by atoms with Crippen LogP contribution in [-0.2, 0) is 32.2 Å². The molecule has 0 bridgehead atoms. The maximum absolute atomic E-state index is 10.5. The second-order valence-electron chi connectivity index (χ2n) is 7.42. The van der Waals surface area contributed by atoms with Crippen LogP contribution in [0.5, 0.6) is 0 Å². The molecule has 1 aliphatic rings. The number of nitriles is 1. The molecule has 0 heterocycles. The second-order valence-corrected chi connectivity index (χ2v) is 7.64. The molecule has 0 spiro atoms. The van der Waals surface area contributed by atoms with Gasteiger partial charge in [0.1, 0.15) is 37.3 Å². The molecule has 0 aliphatic heterocycles. The molecule has 170 valence electrons. The van der Waals surface area contributed by atoms with Gasteiger partial charge in [-0.3, -0.25) is 0 Å². The Hall–Kier alpha value is -2.28. The zero-order chi connectivity index (χ0) is 22.8. The monoisotopic (exact) mass is 459 g/mol. The van der Waals surface area contributed by atoms with Crippen LogP contribution >= 0.6 is 11.6 Å². The first-order valence-corrected chi connectivity index (χ1v) is 10.6. The van der Waals surface area contributed by atoms with Gasteiger partial charge in [-0.2, -0.15) is 5.26 Å². The van der Waals surface area contributed by atoms with Crippen molar-refractivity contribution in [2.24, 2.45) is 5.41 Å². The van der Waals surface area contributed by atoms with Crippen molar-refractivity contribution in [3.8, 4) is 6.07 Å². The third-order valence-electron chi connectivity index (χ3n) is 5.32. The molecule has 2 aromatic carbocycles. The average Bonchev–Trinajstić information content (AvgIpc) is 3.03. The van der Waals surface area contributed by atoms with Crippen molar-refractivity contribution >= 4 is 11.6 Å². The molecule has 32 heavy (non-hydrogen) atoms. The molecule has 7 nitrogen and oxygen atoms in total. The van der Waals surface area contributed by atoms with Gasteiger partial charge in [-0.1, -0.05) is 72.3 Å². The fourth-order valence-corrected chi connectivity index (χ4v) is 3.97. The molecule has 0 unspecified atom stereocenters. The van der Waals surface area contributed by atoms with Crippen molar-refractivity contribution in [3.63, 3.8) is 0 Å². The minimum Gasteiger partial charge on any atom is -0.387 e. The van der Waals surface area contributed by atoms with E-state index in [0.29, 0.717) is 13.2 Å². The number of hydrogen-bond acceptors (Lipinski definition) is 7. The highest BCUT2D eigenvalue weighted by molar-refractivity contribution is 6.25. The van der Waals surface area contributed by atoms with Gasteiger partial charge >= 0.3 is 0 Å². The van der Waals surface area contributed by atoms with E-state index >= 15 is 0 Å². The first-order valence-electron chi connectivity index (χ1n) is 10.1. The fraction of sp³-hybridized carbons (Fsp3) is 0.375. The zero-order valence-corrected chi connectivity index (χ0v) is 18.2. The first-order chi connectivity index (χ1) is 15.6. The van der Waals surface area contributed by atoms with Crippen LogP contribution in [0.2, 0.25) is 0 Å². The number of aliphatic hydroxyl groups is 2. The van der Waals surface area contributed by atoms with E-state index in [1.165, 1.54) is 0 Å². The van der Waals surface area contributed by atoms with Crippen LogP contribution in [-0.4, -0.2) is 48.7 Å². The molecule has 2 N–H and O–H groups in total. The number of aliphatic hydroxyl groups excluding tert-OH is 2. The van der Waals surface area contributed by atoms with Crippen molar-refractivity contribution in [3.05, 3.63) is 82.9 Å². The molecule has 0 aromatic heterocycles. The van der Waals surface area contributed by atoms with Crippen LogP contribution < -0.4 is 0 Å². The van der Waals surface area contributed by atoms with Crippen molar-refractivity contribution in [2.75, 3.05) is 20.2 Å². The zero-order valence-electron chi connectivity index (χ0n) is 17.5. The molecule has 0 amide bonds. The second kappa shape index (κ2) is 12.1. The number of ether oxygens (including phenoxy) is 4. The van der Waals surface area contributed by atoms with E-state index in [1.54, 1.807) is 0 Å². The summed E-state index contributed by atoms with van der Waals surface area (Å²) in [7, 11) is 0. The van der Waals surface area contributed by atoms with Crippen LogP contribution in [0, 0.1) is 16.7 Å². The van der Waals surface area contributed by atoms with Crippen molar-refractivity contribution < 1.29 is 29.2 Å². The van der Waals surface area contributed by atoms with Crippen LogP contribution in [0.1, 0.15) is 11.1 Å². The number of hydrogen-bond donors (Lipinski definition) is 2. The third kappa shape index (κ3) is 5.74. The average molecular weight is 460 g/mol. The number of nitrogens with zero attached hydrogens (tertiary/aromatic N) is 1. The summed E-state index contributed by atoms with van der Waals surface area (Å²) in [6, 6.07) is 21.2. The Balaban J connectivity index is 1.58. The highest BCUT2D eigenvalue weighted by atomic mass is 35.5. The molecule has 0 radical (unpaired) electrons. The van der Waals surface area contributed by atoms with Crippen molar-refractivity contribution in [1.82, 2.24) is 0 Å². The SMILES string of the molecule is N#C[C@]1(COCOCc2ccccc2)/C(=C\Cl)[C@H](O)[C@H](O)[C@@H]1OCOCc1ccccc1. The van der Waals surface area contributed by atoms with Crippen LogP contribution in [0.4, 0.5) is 0 Å². The minimum absolute atomic E-state index is 0.0860. The standard InChI is InChI=1S/C24H26ClNO6/c25-11-20-21(27)22(28)23(32-17-30-13-19-9-5-2-6-10-19)24(20,14-26)15-31-16-29-12-18-7-3-1-4-8-18/h1-11,21-23,27-28H,12-13,15-17H2/b20-11-/t21-,22-,23-,24-/m0/s1. The van der Waals surface area contributed by atoms with Crippen molar-refractivity contribution in [1.29, 1.82) is 5.26 Å². The maximum Gasteiger partial charge on any atom is 0.147 e. The highest BCUT2D eigenvalue weighted by Crippen LogP contribution is 2.45. The van der Waals surface area contributed by atoms with E-state index in [0.717, 1.165) is 16.7 Å². The Bertz CT molecular complexity index is 904.